The number of esters is 2. The van der Waals surface area contributed by atoms with E-state index in [4.69, 9.17) is 24.1 Å². The summed E-state index contributed by atoms with van der Waals surface area (Å²) in [6.07, 6.45) is 14.4. The third kappa shape index (κ3) is 19.1. The predicted octanol–water partition coefficient (Wildman–Crippen LogP) is 9.19. The maximum atomic E-state index is 14.0. The molecule has 45 heavy (non-hydrogen) atoms. The van der Waals surface area contributed by atoms with Crippen molar-refractivity contribution < 1.29 is 38.0 Å². The molecular weight excluding hydrogens is 575 g/mol. The molecule has 252 valence electrons. The highest BCUT2D eigenvalue weighted by atomic mass is 19.1. The fraction of sp³-hybridized carbons (Fsp3) is 0.622. The lowest BCUT2D eigenvalue weighted by molar-refractivity contribution is -0.145. The largest absolute Gasteiger partial charge is 0.494 e. The van der Waals surface area contributed by atoms with Gasteiger partial charge in [0.05, 0.1) is 31.3 Å². The Bertz CT molecular complexity index is 1040. The third-order valence-electron chi connectivity index (χ3n) is 7.46. The van der Waals surface area contributed by atoms with E-state index in [0.29, 0.717) is 36.7 Å². The van der Waals surface area contributed by atoms with Crippen molar-refractivity contribution >= 4 is 11.9 Å². The molecule has 8 heteroatoms. The highest BCUT2D eigenvalue weighted by molar-refractivity contribution is 5.91. The van der Waals surface area contributed by atoms with Gasteiger partial charge in [0.15, 0.2) is 0 Å². The van der Waals surface area contributed by atoms with Crippen molar-refractivity contribution in [2.45, 2.75) is 129 Å². The molecule has 7 nitrogen and oxygen atoms in total. The van der Waals surface area contributed by atoms with Gasteiger partial charge in [-0.1, -0.05) is 84.0 Å². The van der Waals surface area contributed by atoms with Crippen LogP contribution in [0.4, 0.5) is 4.39 Å². The van der Waals surface area contributed by atoms with Crippen molar-refractivity contribution in [3.05, 3.63) is 54.1 Å². The zero-order valence-corrected chi connectivity index (χ0v) is 27.5. The number of ether oxygens (including phenoxy) is 4. The van der Waals surface area contributed by atoms with E-state index in [0.717, 1.165) is 63.5 Å². The average Bonchev–Trinajstić information content (AvgIpc) is 3.03. The van der Waals surface area contributed by atoms with Gasteiger partial charge in [-0.2, -0.15) is 0 Å². The Kier molecular flexibility index (Phi) is 20.4. The van der Waals surface area contributed by atoms with E-state index in [-0.39, 0.29) is 19.0 Å². The minimum absolute atomic E-state index is 0.0258. The molecule has 1 N–H and O–H groups in total. The number of hydrogen-bond acceptors (Lipinski definition) is 7. The lowest BCUT2D eigenvalue weighted by Crippen LogP contribution is -2.13. The smallest absolute Gasteiger partial charge is 0.343 e. The van der Waals surface area contributed by atoms with Crippen molar-refractivity contribution in [3.8, 4) is 17.2 Å². The summed E-state index contributed by atoms with van der Waals surface area (Å²) in [4.78, 5) is 23.9. The topological polar surface area (TPSA) is 91.3 Å². The summed E-state index contributed by atoms with van der Waals surface area (Å²) in [7, 11) is 0. The number of benzene rings is 2. The van der Waals surface area contributed by atoms with Gasteiger partial charge in [0.25, 0.3) is 0 Å². The number of carbonyl (C=O) groups is 2. The van der Waals surface area contributed by atoms with Crippen LogP contribution in [0, 0.1) is 0 Å². The molecule has 2 rings (SSSR count). The molecule has 0 aromatic heterocycles. The molecule has 2 aromatic rings. The summed E-state index contributed by atoms with van der Waals surface area (Å²) in [6, 6.07) is 13.6. The molecule has 0 radical (unpaired) electrons. The summed E-state index contributed by atoms with van der Waals surface area (Å²) < 4.78 is 35.9. The fourth-order valence-electron chi connectivity index (χ4n) is 4.81. The Morgan fingerprint density at radius 2 is 1.20 bits per heavy atom. The number of hydrogen-bond donors (Lipinski definition) is 1. The first-order valence-electron chi connectivity index (χ1n) is 17.0. The Morgan fingerprint density at radius 3 is 1.80 bits per heavy atom. The molecule has 0 aliphatic heterocycles. The van der Waals surface area contributed by atoms with Gasteiger partial charge < -0.3 is 24.1 Å². The SMILES string of the molecule is CCCCCCC(F)COc1ccc(OC(=O)c2ccc(OCCCCCCCCCCCCOC(=O)CC(C)O)cc2)cc1. The molecule has 0 fully saturated rings. The van der Waals surface area contributed by atoms with Crippen LogP contribution >= 0.6 is 0 Å². The zero-order chi connectivity index (χ0) is 32.5. The first-order chi connectivity index (χ1) is 21.9. The Morgan fingerprint density at radius 1 is 0.689 bits per heavy atom. The quantitative estimate of drug-likeness (QED) is 0.0629. The van der Waals surface area contributed by atoms with Crippen LogP contribution in [0.2, 0.25) is 0 Å². The summed E-state index contributed by atoms with van der Waals surface area (Å²) in [6.45, 7) is 4.83. The molecular formula is C37H55FO7. The van der Waals surface area contributed by atoms with Crippen molar-refractivity contribution in [2.24, 2.45) is 0 Å². The molecule has 0 aliphatic rings. The number of aliphatic hydroxyl groups is 1. The second-order valence-electron chi connectivity index (χ2n) is 11.8. The van der Waals surface area contributed by atoms with Crippen LogP contribution in [0.5, 0.6) is 17.2 Å². The van der Waals surface area contributed by atoms with Gasteiger partial charge in [0.1, 0.15) is 30.0 Å². The summed E-state index contributed by atoms with van der Waals surface area (Å²) in [5.41, 5.74) is 0.433. The average molecular weight is 631 g/mol. The zero-order valence-electron chi connectivity index (χ0n) is 27.5. The number of rotatable bonds is 26. The van der Waals surface area contributed by atoms with Gasteiger partial charge in [-0.15, -0.1) is 0 Å². The van der Waals surface area contributed by atoms with E-state index in [9.17, 15) is 14.0 Å². The second-order valence-corrected chi connectivity index (χ2v) is 11.8. The first kappa shape index (κ1) is 38.1. The van der Waals surface area contributed by atoms with Gasteiger partial charge in [-0.3, -0.25) is 4.79 Å². The molecule has 2 aromatic carbocycles. The van der Waals surface area contributed by atoms with Crippen molar-refractivity contribution in [1.29, 1.82) is 0 Å². The summed E-state index contributed by atoms with van der Waals surface area (Å²) in [5.74, 6) is 0.885. The van der Waals surface area contributed by atoms with Crippen LogP contribution in [0.15, 0.2) is 48.5 Å². The van der Waals surface area contributed by atoms with Crippen LogP contribution in [0.1, 0.15) is 127 Å². The fourth-order valence-corrected chi connectivity index (χ4v) is 4.81. The van der Waals surface area contributed by atoms with Crippen molar-refractivity contribution in [3.63, 3.8) is 0 Å². The summed E-state index contributed by atoms with van der Waals surface area (Å²) >= 11 is 0. The molecule has 0 bridgehead atoms. The predicted molar refractivity (Wildman–Crippen MR) is 176 cm³/mol. The Hall–Kier alpha value is -3.13. The van der Waals surface area contributed by atoms with Gasteiger partial charge >= 0.3 is 11.9 Å². The third-order valence-corrected chi connectivity index (χ3v) is 7.46. The van der Waals surface area contributed by atoms with Gasteiger partial charge in [-0.05, 0) is 74.7 Å². The van der Waals surface area contributed by atoms with E-state index in [1.54, 1.807) is 55.5 Å². The molecule has 2 unspecified atom stereocenters. The molecule has 0 spiro atoms. The monoisotopic (exact) mass is 630 g/mol. The Labute approximate surface area is 269 Å². The van der Waals surface area contributed by atoms with Crippen molar-refractivity contribution in [1.82, 2.24) is 0 Å². The van der Waals surface area contributed by atoms with E-state index in [2.05, 4.69) is 6.92 Å². The molecule has 0 aliphatic carbocycles. The van der Waals surface area contributed by atoms with E-state index in [1.807, 2.05) is 0 Å². The lowest BCUT2D eigenvalue weighted by Gasteiger charge is -2.11. The molecule has 0 heterocycles. The van der Waals surface area contributed by atoms with Crippen LogP contribution < -0.4 is 14.2 Å². The van der Waals surface area contributed by atoms with E-state index >= 15 is 0 Å². The minimum atomic E-state index is -0.982. The van der Waals surface area contributed by atoms with Crippen LogP contribution in [-0.2, 0) is 9.53 Å². The minimum Gasteiger partial charge on any atom is -0.494 e. The number of unbranched alkanes of at least 4 members (excludes halogenated alkanes) is 12. The first-order valence-corrected chi connectivity index (χ1v) is 17.0. The maximum Gasteiger partial charge on any atom is 0.343 e. The normalized spacial score (nSPS) is 12.4. The molecule has 0 saturated heterocycles. The van der Waals surface area contributed by atoms with Crippen LogP contribution in [0.3, 0.4) is 0 Å². The molecule has 2 atom stereocenters. The molecule has 0 amide bonds. The molecule has 0 saturated carbocycles. The maximum absolute atomic E-state index is 14.0. The van der Waals surface area contributed by atoms with E-state index < -0.39 is 18.2 Å². The highest BCUT2D eigenvalue weighted by Gasteiger charge is 2.11. The highest BCUT2D eigenvalue weighted by Crippen LogP contribution is 2.21. The van der Waals surface area contributed by atoms with Crippen LogP contribution in [0.25, 0.3) is 0 Å². The van der Waals surface area contributed by atoms with E-state index in [1.165, 1.54) is 32.1 Å². The van der Waals surface area contributed by atoms with Crippen molar-refractivity contribution in [2.75, 3.05) is 19.8 Å². The lowest BCUT2D eigenvalue weighted by atomic mass is 10.1. The Balaban J connectivity index is 1.48. The number of alkyl halides is 1. The van der Waals surface area contributed by atoms with Gasteiger partial charge in [0, 0.05) is 0 Å². The summed E-state index contributed by atoms with van der Waals surface area (Å²) in [5, 5.41) is 9.15. The number of halogens is 1. The van der Waals surface area contributed by atoms with Gasteiger partial charge in [0.2, 0.25) is 0 Å². The number of aliphatic hydroxyl groups excluding tert-OH is 1. The standard InChI is InChI=1S/C37H55FO7/c1-3-4-5-14-17-32(38)29-44-34-22-24-35(25-23-34)45-37(41)31-18-20-33(21-19-31)42-26-15-12-10-8-6-7-9-11-13-16-27-43-36(40)28-30(2)39/h18-25,30,32,39H,3-17,26-29H2,1-2H3. The number of carbonyl (C=O) groups excluding carboxylic acids is 2. The second kappa shape index (κ2) is 24.1. The van der Waals surface area contributed by atoms with Gasteiger partial charge in [-0.25, -0.2) is 9.18 Å². The van der Waals surface area contributed by atoms with Crippen LogP contribution in [-0.4, -0.2) is 49.1 Å².